The van der Waals surface area contributed by atoms with Crippen LogP contribution in [0.25, 0.3) is 11.3 Å². The molecule has 0 bridgehead atoms. The van der Waals surface area contributed by atoms with Crippen LogP contribution in [0.15, 0.2) is 54.6 Å². The number of rotatable bonds is 5. The maximum atomic E-state index is 5.97. The van der Waals surface area contributed by atoms with Gasteiger partial charge in [-0.15, -0.1) is 0 Å². The Morgan fingerprint density at radius 1 is 1.04 bits per heavy atom. The summed E-state index contributed by atoms with van der Waals surface area (Å²) in [5, 5.41) is 7.37. The van der Waals surface area contributed by atoms with E-state index in [2.05, 4.69) is 10.2 Å². The molecule has 1 unspecified atom stereocenters. The monoisotopic (exact) mass is 309 g/mol. The van der Waals surface area contributed by atoms with E-state index in [9.17, 15) is 0 Å². The molecule has 0 aliphatic heterocycles. The molecule has 3 rings (SSSR count). The molecule has 23 heavy (non-hydrogen) atoms. The highest BCUT2D eigenvalue weighted by Crippen LogP contribution is 2.31. The Kier molecular flexibility index (Phi) is 4.19. The van der Waals surface area contributed by atoms with Crippen LogP contribution in [0.2, 0.25) is 0 Å². The van der Waals surface area contributed by atoms with Gasteiger partial charge < -0.3 is 15.2 Å². The number of benzene rings is 2. The molecule has 5 heteroatoms. The lowest BCUT2D eigenvalue weighted by atomic mass is 10.1. The van der Waals surface area contributed by atoms with Gasteiger partial charge in [-0.05, 0) is 37.3 Å². The van der Waals surface area contributed by atoms with Gasteiger partial charge in [0.2, 0.25) is 0 Å². The normalized spacial score (nSPS) is 11.9. The van der Waals surface area contributed by atoms with E-state index in [0.29, 0.717) is 17.2 Å². The number of aromatic nitrogens is 2. The van der Waals surface area contributed by atoms with Gasteiger partial charge in [-0.2, -0.15) is 5.10 Å². The first kappa shape index (κ1) is 15.0. The van der Waals surface area contributed by atoms with Gasteiger partial charge in [-0.1, -0.05) is 24.3 Å². The van der Waals surface area contributed by atoms with Crippen molar-refractivity contribution in [1.82, 2.24) is 10.2 Å². The molecule has 3 N–H and O–H groups in total. The number of methoxy groups -OCH3 is 1. The Morgan fingerprint density at radius 2 is 1.83 bits per heavy atom. The van der Waals surface area contributed by atoms with Crippen molar-refractivity contribution in [1.29, 1.82) is 0 Å². The second-order valence-corrected chi connectivity index (χ2v) is 5.24. The summed E-state index contributed by atoms with van der Waals surface area (Å²) < 4.78 is 11.3. The zero-order valence-corrected chi connectivity index (χ0v) is 13.1. The first-order valence-corrected chi connectivity index (χ1v) is 7.38. The Morgan fingerprint density at radius 3 is 2.57 bits per heavy atom. The van der Waals surface area contributed by atoms with E-state index in [0.717, 1.165) is 17.0 Å². The minimum Gasteiger partial charge on any atom is -0.493 e. The third-order valence-corrected chi connectivity index (χ3v) is 3.59. The van der Waals surface area contributed by atoms with Gasteiger partial charge in [0.25, 0.3) is 0 Å². The zero-order valence-electron chi connectivity index (χ0n) is 13.1. The number of nitrogens with zero attached hydrogens (tertiary/aromatic N) is 1. The standard InChI is InChI=1S/C18H19N3O2/c1-12(23-18-9-4-3-8-17(18)22-2)15-11-16(21-20-15)13-6-5-7-14(19)10-13/h3-12H,19H2,1-2H3,(H,20,21). The number of nitrogens with one attached hydrogen (secondary N) is 1. The third-order valence-electron chi connectivity index (χ3n) is 3.59. The molecule has 0 saturated heterocycles. The summed E-state index contributed by atoms with van der Waals surface area (Å²) in [7, 11) is 1.63. The topological polar surface area (TPSA) is 73.2 Å². The summed E-state index contributed by atoms with van der Waals surface area (Å²) in [4.78, 5) is 0. The van der Waals surface area contributed by atoms with Gasteiger partial charge in [0, 0.05) is 11.3 Å². The summed E-state index contributed by atoms with van der Waals surface area (Å²) in [6.45, 7) is 1.96. The highest BCUT2D eigenvalue weighted by molar-refractivity contribution is 5.64. The number of anilines is 1. The number of nitrogen functional groups attached to an aromatic ring is 1. The summed E-state index contributed by atoms with van der Waals surface area (Å²) in [6, 6.07) is 17.2. The van der Waals surface area contributed by atoms with E-state index < -0.39 is 0 Å². The number of nitrogens with two attached hydrogens (primary N) is 1. The van der Waals surface area contributed by atoms with Crippen molar-refractivity contribution in [2.45, 2.75) is 13.0 Å². The molecule has 2 aromatic carbocycles. The lowest BCUT2D eigenvalue weighted by Gasteiger charge is -2.15. The Labute approximate surface area is 135 Å². The van der Waals surface area contributed by atoms with Crippen LogP contribution in [0, 0.1) is 0 Å². The molecular weight excluding hydrogens is 290 g/mol. The number of H-pyrrole nitrogens is 1. The Balaban J connectivity index is 1.80. The van der Waals surface area contributed by atoms with Crippen LogP contribution in [0.4, 0.5) is 5.69 Å². The van der Waals surface area contributed by atoms with Gasteiger partial charge in [0.15, 0.2) is 11.5 Å². The van der Waals surface area contributed by atoms with E-state index in [1.807, 2.05) is 61.5 Å². The van der Waals surface area contributed by atoms with E-state index >= 15 is 0 Å². The number of ether oxygens (including phenoxy) is 2. The molecule has 0 aliphatic rings. The van der Waals surface area contributed by atoms with E-state index in [1.165, 1.54) is 0 Å². The van der Waals surface area contributed by atoms with E-state index in [4.69, 9.17) is 15.2 Å². The van der Waals surface area contributed by atoms with Gasteiger partial charge in [-0.3, -0.25) is 5.10 Å². The van der Waals surface area contributed by atoms with Crippen molar-refractivity contribution >= 4 is 5.69 Å². The molecule has 0 saturated carbocycles. The number of para-hydroxylation sites is 2. The van der Waals surface area contributed by atoms with Crippen LogP contribution in [0.5, 0.6) is 11.5 Å². The fourth-order valence-electron chi connectivity index (χ4n) is 2.36. The predicted octanol–water partition coefficient (Wildman–Crippen LogP) is 3.81. The highest BCUT2D eigenvalue weighted by Gasteiger charge is 2.14. The summed E-state index contributed by atoms with van der Waals surface area (Å²) in [5.74, 6) is 1.40. The summed E-state index contributed by atoms with van der Waals surface area (Å²) in [5.41, 5.74) is 9.22. The molecule has 1 heterocycles. The third kappa shape index (κ3) is 3.29. The van der Waals surface area contributed by atoms with E-state index in [-0.39, 0.29) is 6.10 Å². The van der Waals surface area contributed by atoms with Crippen LogP contribution in [0.3, 0.4) is 0 Å². The maximum Gasteiger partial charge on any atom is 0.162 e. The van der Waals surface area contributed by atoms with Gasteiger partial charge in [0.05, 0.1) is 18.5 Å². The molecule has 5 nitrogen and oxygen atoms in total. The van der Waals surface area contributed by atoms with Crippen molar-refractivity contribution in [2.75, 3.05) is 12.8 Å². The number of aromatic amines is 1. The Bertz CT molecular complexity index is 798. The molecular formula is C18H19N3O2. The SMILES string of the molecule is COc1ccccc1OC(C)c1cc(-c2cccc(N)c2)n[nH]1. The zero-order chi connectivity index (χ0) is 16.2. The molecule has 0 spiro atoms. The van der Waals surface area contributed by atoms with Crippen molar-refractivity contribution in [3.05, 3.63) is 60.3 Å². The van der Waals surface area contributed by atoms with Gasteiger partial charge >= 0.3 is 0 Å². The average Bonchev–Trinajstić information content (AvgIpc) is 3.05. The van der Waals surface area contributed by atoms with Crippen molar-refractivity contribution < 1.29 is 9.47 Å². The van der Waals surface area contributed by atoms with Crippen molar-refractivity contribution in [3.63, 3.8) is 0 Å². The van der Waals surface area contributed by atoms with Crippen LogP contribution >= 0.6 is 0 Å². The number of hydrogen-bond donors (Lipinski definition) is 2. The molecule has 3 aromatic rings. The van der Waals surface area contributed by atoms with Crippen molar-refractivity contribution in [3.8, 4) is 22.8 Å². The summed E-state index contributed by atoms with van der Waals surface area (Å²) in [6.07, 6.45) is -0.186. The van der Waals surface area contributed by atoms with Gasteiger partial charge in [-0.25, -0.2) is 0 Å². The predicted molar refractivity (Wildman–Crippen MR) is 90.5 cm³/mol. The Hall–Kier alpha value is -2.95. The minimum absolute atomic E-state index is 0.186. The fourth-order valence-corrected chi connectivity index (χ4v) is 2.36. The molecule has 118 valence electrons. The second kappa shape index (κ2) is 6.44. The molecule has 0 amide bonds. The fraction of sp³-hybridized carbons (Fsp3) is 0.167. The van der Waals surface area contributed by atoms with Gasteiger partial charge in [0.1, 0.15) is 6.10 Å². The molecule has 1 aromatic heterocycles. The maximum absolute atomic E-state index is 5.97. The summed E-state index contributed by atoms with van der Waals surface area (Å²) >= 11 is 0. The molecule has 0 fully saturated rings. The minimum atomic E-state index is -0.186. The largest absolute Gasteiger partial charge is 0.493 e. The van der Waals surface area contributed by atoms with E-state index in [1.54, 1.807) is 7.11 Å². The molecule has 0 aliphatic carbocycles. The first-order chi connectivity index (χ1) is 11.2. The van der Waals surface area contributed by atoms with Crippen LogP contribution in [-0.4, -0.2) is 17.3 Å². The van der Waals surface area contributed by atoms with Crippen LogP contribution in [-0.2, 0) is 0 Å². The first-order valence-electron chi connectivity index (χ1n) is 7.38. The van der Waals surface area contributed by atoms with Crippen LogP contribution < -0.4 is 15.2 Å². The lowest BCUT2D eigenvalue weighted by molar-refractivity contribution is 0.211. The second-order valence-electron chi connectivity index (χ2n) is 5.24. The average molecular weight is 309 g/mol. The van der Waals surface area contributed by atoms with Crippen LogP contribution in [0.1, 0.15) is 18.7 Å². The highest BCUT2D eigenvalue weighted by atomic mass is 16.5. The molecule has 1 atom stereocenters. The number of hydrogen-bond acceptors (Lipinski definition) is 4. The quantitative estimate of drug-likeness (QED) is 0.703. The smallest absolute Gasteiger partial charge is 0.162 e. The molecule has 0 radical (unpaired) electrons. The lowest BCUT2D eigenvalue weighted by Crippen LogP contribution is -2.04. The van der Waals surface area contributed by atoms with Crippen molar-refractivity contribution in [2.24, 2.45) is 0 Å².